The molecule has 9 nitrogen and oxygen atoms in total. The number of methoxy groups -OCH3 is 1. The molecule has 7 rings (SSSR count). The summed E-state index contributed by atoms with van der Waals surface area (Å²) in [5.74, 6) is -4.13. The predicted molar refractivity (Wildman–Crippen MR) is 148 cm³/mol. The topological polar surface area (TPSA) is 121 Å². The molecule has 0 bridgehead atoms. The fraction of sp³-hybridized carbons (Fsp3) is 0.200. The lowest BCUT2D eigenvalue weighted by atomic mass is 9.76. The monoisotopic (exact) mass is 554 g/mol. The van der Waals surface area contributed by atoms with E-state index < -0.39 is 47.1 Å². The molecule has 3 aliphatic heterocycles. The number of imide groups is 1. The first-order chi connectivity index (χ1) is 19.4. The van der Waals surface area contributed by atoms with Crippen LogP contribution in [0.1, 0.15) is 21.5 Å². The minimum absolute atomic E-state index is 0.0844. The molecule has 200 valence electrons. The Kier molecular flexibility index (Phi) is 5.39. The normalized spacial score (nSPS) is 25.0. The van der Waals surface area contributed by atoms with Crippen molar-refractivity contribution in [3.05, 3.63) is 94.6 Å². The average molecular weight is 555 g/mol. The van der Waals surface area contributed by atoms with Gasteiger partial charge in [0.2, 0.25) is 17.7 Å². The summed E-state index contributed by atoms with van der Waals surface area (Å²) < 4.78 is 4.92. The second kappa shape index (κ2) is 8.77. The highest BCUT2D eigenvalue weighted by atomic mass is 35.5. The van der Waals surface area contributed by atoms with Crippen molar-refractivity contribution in [2.24, 2.45) is 11.8 Å². The van der Waals surface area contributed by atoms with Crippen LogP contribution in [-0.2, 0) is 31.1 Å². The van der Waals surface area contributed by atoms with Gasteiger partial charge < -0.3 is 15.0 Å². The Morgan fingerprint density at radius 2 is 1.77 bits per heavy atom. The predicted octanol–water partition coefficient (Wildman–Crippen LogP) is 3.78. The molecule has 1 spiro atoms. The standard InChI is InChI=1S/C30H23ClN4O5/c1-40-28(38)17-8-3-5-12-22(17)35-26(36)23-21(13-15-14-32-20-11-4-2-7-16(15)20)34-30(24(23)27(35)37)18-9-6-10-19(31)25(18)33-29(30)39/h2-12,14,21,23-24,32,34H,13H2,1H3,(H,33,39). The van der Waals surface area contributed by atoms with Crippen LogP contribution in [0.4, 0.5) is 11.4 Å². The number of ether oxygens (including phenoxy) is 1. The summed E-state index contributed by atoms with van der Waals surface area (Å²) in [6.45, 7) is 0. The molecule has 4 unspecified atom stereocenters. The highest BCUT2D eigenvalue weighted by Crippen LogP contribution is 2.55. The molecule has 40 heavy (non-hydrogen) atoms. The zero-order valence-electron chi connectivity index (χ0n) is 21.2. The molecule has 2 saturated heterocycles. The number of hydrogen-bond acceptors (Lipinski definition) is 6. The number of fused-ring (bicyclic) bond motifs is 5. The van der Waals surface area contributed by atoms with Crippen molar-refractivity contribution in [2.75, 3.05) is 17.3 Å². The number of esters is 1. The van der Waals surface area contributed by atoms with Crippen molar-refractivity contribution < 1.29 is 23.9 Å². The van der Waals surface area contributed by atoms with Crippen LogP contribution in [0.15, 0.2) is 72.9 Å². The van der Waals surface area contributed by atoms with Gasteiger partial charge in [0.25, 0.3) is 0 Å². The largest absolute Gasteiger partial charge is 0.465 e. The number of para-hydroxylation sites is 3. The quantitative estimate of drug-likeness (QED) is 0.261. The molecule has 4 aromatic rings. The number of benzene rings is 3. The molecule has 4 heterocycles. The van der Waals surface area contributed by atoms with Gasteiger partial charge in [-0.3, -0.25) is 19.7 Å². The molecule has 0 radical (unpaired) electrons. The van der Waals surface area contributed by atoms with E-state index in [2.05, 4.69) is 15.6 Å². The Morgan fingerprint density at radius 3 is 2.60 bits per heavy atom. The van der Waals surface area contributed by atoms with E-state index in [0.29, 0.717) is 22.7 Å². The van der Waals surface area contributed by atoms with Gasteiger partial charge in [-0.2, -0.15) is 0 Å². The second-order valence-electron chi connectivity index (χ2n) is 10.3. The summed E-state index contributed by atoms with van der Waals surface area (Å²) >= 11 is 6.46. The number of amides is 3. The van der Waals surface area contributed by atoms with Gasteiger partial charge in [-0.1, -0.05) is 54.1 Å². The first kappa shape index (κ1) is 24.6. The van der Waals surface area contributed by atoms with Crippen molar-refractivity contribution >= 4 is 57.6 Å². The number of H-pyrrole nitrogens is 1. The number of carbonyl (C=O) groups is 4. The van der Waals surface area contributed by atoms with Gasteiger partial charge in [-0.15, -0.1) is 0 Å². The first-order valence-corrected chi connectivity index (χ1v) is 13.2. The van der Waals surface area contributed by atoms with Crippen molar-refractivity contribution in [1.82, 2.24) is 10.3 Å². The van der Waals surface area contributed by atoms with Gasteiger partial charge in [-0.05, 0) is 36.2 Å². The van der Waals surface area contributed by atoms with Crippen LogP contribution in [0.5, 0.6) is 0 Å². The van der Waals surface area contributed by atoms with Crippen LogP contribution in [0.2, 0.25) is 5.02 Å². The maximum Gasteiger partial charge on any atom is 0.339 e. The number of halogens is 1. The highest BCUT2D eigenvalue weighted by molar-refractivity contribution is 6.35. The summed E-state index contributed by atoms with van der Waals surface area (Å²) in [7, 11) is 1.24. The van der Waals surface area contributed by atoms with E-state index >= 15 is 0 Å². The van der Waals surface area contributed by atoms with E-state index in [-0.39, 0.29) is 11.3 Å². The van der Waals surface area contributed by atoms with E-state index in [4.69, 9.17) is 16.3 Å². The Labute approximate surface area is 233 Å². The number of rotatable bonds is 4. The maximum absolute atomic E-state index is 14.3. The number of carbonyl (C=O) groups excluding carboxylic acids is 4. The van der Waals surface area contributed by atoms with Crippen LogP contribution in [0, 0.1) is 11.8 Å². The molecule has 3 aromatic carbocycles. The van der Waals surface area contributed by atoms with Crippen molar-refractivity contribution in [1.29, 1.82) is 0 Å². The molecule has 3 amide bonds. The average Bonchev–Trinajstić information content (AvgIpc) is 3.68. The van der Waals surface area contributed by atoms with Crippen LogP contribution >= 0.6 is 11.6 Å². The van der Waals surface area contributed by atoms with Gasteiger partial charge in [0.1, 0.15) is 5.54 Å². The summed E-state index contributed by atoms with van der Waals surface area (Å²) in [4.78, 5) is 59.3. The lowest BCUT2D eigenvalue weighted by Gasteiger charge is -2.30. The van der Waals surface area contributed by atoms with Crippen molar-refractivity contribution in [2.45, 2.75) is 18.0 Å². The molecule has 4 atom stereocenters. The maximum atomic E-state index is 14.3. The highest BCUT2D eigenvalue weighted by Gasteiger charge is 2.71. The van der Waals surface area contributed by atoms with Crippen molar-refractivity contribution in [3.8, 4) is 0 Å². The Bertz CT molecular complexity index is 1770. The fourth-order valence-electron chi connectivity index (χ4n) is 6.69. The van der Waals surface area contributed by atoms with E-state index in [1.807, 2.05) is 30.5 Å². The molecular weight excluding hydrogens is 532 g/mol. The number of hydrogen-bond donors (Lipinski definition) is 3. The minimum atomic E-state index is -1.52. The van der Waals surface area contributed by atoms with Crippen LogP contribution < -0.4 is 15.5 Å². The molecule has 0 saturated carbocycles. The fourth-order valence-corrected chi connectivity index (χ4v) is 6.92. The zero-order valence-corrected chi connectivity index (χ0v) is 22.0. The number of aromatic amines is 1. The van der Waals surface area contributed by atoms with Crippen LogP contribution in [-0.4, -0.2) is 41.8 Å². The van der Waals surface area contributed by atoms with E-state index in [1.54, 1.807) is 30.3 Å². The first-order valence-electron chi connectivity index (χ1n) is 12.8. The van der Waals surface area contributed by atoms with Gasteiger partial charge >= 0.3 is 5.97 Å². The van der Waals surface area contributed by atoms with E-state index in [0.717, 1.165) is 21.4 Å². The van der Waals surface area contributed by atoms with Gasteiger partial charge in [0, 0.05) is 28.7 Å². The molecule has 3 N–H and O–H groups in total. The number of nitrogens with zero attached hydrogens (tertiary/aromatic N) is 1. The molecule has 3 aliphatic rings. The Morgan fingerprint density at radius 1 is 1.00 bits per heavy atom. The zero-order chi connectivity index (χ0) is 27.8. The summed E-state index contributed by atoms with van der Waals surface area (Å²) in [5, 5.41) is 7.62. The number of nitrogens with one attached hydrogen (secondary N) is 3. The third kappa shape index (κ3) is 3.19. The molecule has 0 aliphatic carbocycles. The van der Waals surface area contributed by atoms with Gasteiger partial charge in [0.05, 0.1) is 40.9 Å². The van der Waals surface area contributed by atoms with Crippen LogP contribution in [0.3, 0.4) is 0 Å². The molecule has 1 aromatic heterocycles. The lowest BCUT2D eigenvalue weighted by Crippen LogP contribution is -2.53. The van der Waals surface area contributed by atoms with Gasteiger partial charge in [-0.25, -0.2) is 9.69 Å². The SMILES string of the molecule is COC(=O)c1ccccc1N1C(=O)C2C(Cc3c[nH]c4ccccc34)NC3(C(=O)Nc4c(Cl)cccc43)C2C1=O. The van der Waals surface area contributed by atoms with E-state index in [1.165, 1.54) is 19.2 Å². The van der Waals surface area contributed by atoms with Gasteiger partial charge in [0.15, 0.2) is 0 Å². The number of aromatic nitrogens is 1. The molecular formula is C30H23ClN4O5. The summed E-state index contributed by atoms with van der Waals surface area (Å²) in [5.41, 5.74) is 1.52. The molecule has 2 fully saturated rings. The summed E-state index contributed by atoms with van der Waals surface area (Å²) in [6.07, 6.45) is 2.26. The molecule has 10 heteroatoms. The van der Waals surface area contributed by atoms with Crippen molar-refractivity contribution in [3.63, 3.8) is 0 Å². The third-order valence-corrected chi connectivity index (χ3v) is 8.68. The second-order valence-corrected chi connectivity index (χ2v) is 10.7. The summed E-state index contributed by atoms with van der Waals surface area (Å²) in [6, 6.07) is 18.7. The third-order valence-electron chi connectivity index (χ3n) is 8.36. The minimum Gasteiger partial charge on any atom is -0.465 e. The smallest absolute Gasteiger partial charge is 0.339 e. The van der Waals surface area contributed by atoms with E-state index in [9.17, 15) is 19.2 Å². The lowest BCUT2D eigenvalue weighted by molar-refractivity contribution is -0.130. The Balaban J connectivity index is 1.40. The number of anilines is 2. The Hall–Kier alpha value is -4.47. The van der Waals surface area contributed by atoms with Crippen LogP contribution in [0.25, 0.3) is 10.9 Å².